The maximum atomic E-state index is 5.86. The number of aryl methyl sites for hydroxylation is 2. The Morgan fingerprint density at radius 2 is 2.20 bits per heavy atom. The zero-order valence-corrected chi connectivity index (χ0v) is 12.6. The average Bonchev–Trinajstić information content (AvgIpc) is 2.88. The standard InChI is InChI=1S/C14H20ClN5/c1-3-11-7-12(20(4-2)19-11)8-14(18-16)13-6-5-10(15)9-17-13/h5-7,9,14,18H,3-4,8,16H2,1-2H3. The Bertz CT molecular complexity index is 549. The van der Waals surface area contributed by atoms with Crippen molar-refractivity contribution in [2.75, 3.05) is 0 Å². The summed E-state index contributed by atoms with van der Waals surface area (Å²) in [6, 6.07) is 5.78. The molecule has 6 heteroatoms. The van der Waals surface area contributed by atoms with Gasteiger partial charge in [-0.05, 0) is 31.5 Å². The lowest BCUT2D eigenvalue weighted by atomic mass is 10.1. The summed E-state index contributed by atoms with van der Waals surface area (Å²) in [5, 5.41) is 5.17. The van der Waals surface area contributed by atoms with E-state index in [9.17, 15) is 0 Å². The Hall–Kier alpha value is -1.43. The van der Waals surface area contributed by atoms with Gasteiger partial charge in [0.1, 0.15) is 0 Å². The lowest BCUT2D eigenvalue weighted by Gasteiger charge is -2.15. The van der Waals surface area contributed by atoms with Crippen molar-refractivity contribution in [1.29, 1.82) is 0 Å². The molecule has 20 heavy (non-hydrogen) atoms. The molecule has 0 spiro atoms. The molecule has 0 radical (unpaired) electrons. The number of hydrazine groups is 1. The molecule has 5 nitrogen and oxygen atoms in total. The first-order valence-electron chi connectivity index (χ1n) is 6.81. The Morgan fingerprint density at radius 3 is 2.75 bits per heavy atom. The molecule has 0 fully saturated rings. The number of halogens is 1. The van der Waals surface area contributed by atoms with Crippen LogP contribution in [0, 0.1) is 0 Å². The van der Waals surface area contributed by atoms with Crippen LogP contribution in [-0.2, 0) is 19.4 Å². The second-order valence-corrected chi connectivity index (χ2v) is 5.06. The van der Waals surface area contributed by atoms with Crippen LogP contribution in [0.15, 0.2) is 24.4 Å². The van der Waals surface area contributed by atoms with Gasteiger partial charge in [0, 0.05) is 24.9 Å². The van der Waals surface area contributed by atoms with E-state index in [1.165, 1.54) is 0 Å². The summed E-state index contributed by atoms with van der Waals surface area (Å²) in [5.74, 6) is 5.67. The fourth-order valence-corrected chi connectivity index (χ4v) is 2.29. The maximum Gasteiger partial charge on any atom is 0.0687 e. The van der Waals surface area contributed by atoms with Gasteiger partial charge >= 0.3 is 0 Å². The molecular weight excluding hydrogens is 274 g/mol. The van der Waals surface area contributed by atoms with Crippen LogP contribution in [0.5, 0.6) is 0 Å². The number of hydrogen-bond acceptors (Lipinski definition) is 4. The molecule has 0 bridgehead atoms. The summed E-state index contributed by atoms with van der Waals surface area (Å²) in [7, 11) is 0. The highest BCUT2D eigenvalue weighted by Gasteiger charge is 2.15. The van der Waals surface area contributed by atoms with E-state index in [1.807, 2.05) is 16.8 Å². The van der Waals surface area contributed by atoms with E-state index >= 15 is 0 Å². The van der Waals surface area contributed by atoms with Crippen LogP contribution in [-0.4, -0.2) is 14.8 Å². The van der Waals surface area contributed by atoms with Crippen molar-refractivity contribution in [3.05, 3.63) is 46.5 Å². The van der Waals surface area contributed by atoms with E-state index in [0.717, 1.165) is 36.5 Å². The van der Waals surface area contributed by atoms with Crippen molar-refractivity contribution in [2.45, 2.75) is 39.3 Å². The molecule has 3 N–H and O–H groups in total. The number of hydrogen-bond donors (Lipinski definition) is 2. The summed E-state index contributed by atoms with van der Waals surface area (Å²) >= 11 is 5.86. The third kappa shape index (κ3) is 3.36. The highest BCUT2D eigenvalue weighted by molar-refractivity contribution is 6.30. The topological polar surface area (TPSA) is 68.8 Å². The zero-order chi connectivity index (χ0) is 14.5. The van der Waals surface area contributed by atoms with Gasteiger partial charge in [0.05, 0.1) is 22.5 Å². The van der Waals surface area contributed by atoms with Gasteiger partial charge in [-0.25, -0.2) is 0 Å². The van der Waals surface area contributed by atoms with Crippen LogP contribution in [0.3, 0.4) is 0 Å². The molecule has 0 aromatic carbocycles. The molecule has 2 heterocycles. The lowest BCUT2D eigenvalue weighted by Crippen LogP contribution is -2.30. The fourth-order valence-electron chi connectivity index (χ4n) is 2.18. The number of aromatic nitrogens is 3. The molecule has 1 atom stereocenters. The lowest BCUT2D eigenvalue weighted by molar-refractivity contribution is 0.507. The van der Waals surface area contributed by atoms with Gasteiger partial charge in [0.2, 0.25) is 0 Å². The van der Waals surface area contributed by atoms with E-state index in [4.69, 9.17) is 17.4 Å². The van der Waals surface area contributed by atoms with Crippen LogP contribution < -0.4 is 11.3 Å². The molecule has 2 aromatic heterocycles. The monoisotopic (exact) mass is 293 g/mol. The van der Waals surface area contributed by atoms with Gasteiger partial charge in [-0.2, -0.15) is 5.10 Å². The van der Waals surface area contributed by atoms with Gasteiger partial charge in [-0.15, -0.1) is 0 Å². The molecule has 0 aliphatic heterocycles. The molecule has 1 unspecified atom stereocenters. The van der Waals surface area contributed by atoms with E-state index in [2.05, 4.69) is 35.4 Å². The quantitative estimate of drug-likeness (QED) is 0.633. The molecule has 0 saturated heterocycles. The third-order valence-electron chi connectivity index (χ3n) is 3.30. The van der Waals surface area contributed by atoms with Gasteiger partial charge < -0.3 is 0 Å². The van der Waals surface area contributed by atoms with E-state index < -0.39 is 0 Å². The van der Waals surface area contributed by atoms with Crippen molar-refractivity contribution in [3.63, 3.8) is 0 Å². The second kappa shape index (κ2) is 6.83. The summed E-state index contributed by atoms with van der Waals surface area (Å²) in [6.45, 7) is 5.04. The van der Waals surface area contributed by atoms with Gasteiger partial charge in [-0.3, -0.25) is 20.9 Å². The van der Waals surface area contributed by atoms with Gasteiger partial charge in [-0.1, -0.05) is 18.5 Å². The maximum absolute atomic E-state index is 5.86. The van der Waals surface area contributed by atoms with Crippen molar-refractivity contribution < 1.29 is 0 Å². The molecule has 2 aromatic rings. The van der Waals surface area contributed by atoms with E-state index in [0.29, 0.717) is 5.02 Å². The number of rotatable bonds is 6. The van der Waals surface area contributed by atoms with E-state index in [1.54, 1.807) is 6.20 Å². The third-order valence-corrected chi connectivity index (χ3v) is 3.52. The Labute approximate surface area is 124 Å². The smallest absolute Gasteiger partial charge is 0.0687 e. The molecular formula is C14H20ClN5. The molecule has 108 valence electrons. The highest BCUT2D eigenvalue weighted by Crippen LogP contribution is 2.18. The first-order valence-corrected chi connectivity index (χ1v) is 7.18. The van der Waals surface area contributed by atoms with Crippen LogP contribution >= 0.6 is 11.6 Å². The van der Waals surface area contributed by atoms with Crippen LogP contribution in [0.4, 0.5) is 0 Å². The van der Waals surface area contributed by atoms with Crippen molar-refractivity contribution in [1.82, 2.24) is 20.2 Å². The summed E-state index contributed by atoms with van der Waals surface area (Å²) in [5.41, 5.74) is 5.95. The van der Waals surface area contributed by atoms with Crippen LogP contribution in [0.1, 0.15) is 37.0 Å². The first kappa shape index (κ1) is 15.0. The summed E-state index contributed by atoms with van der Waals surface area (Å²) in [6.07, 6.45) is 3.31. The number of nitrogens with two attached hydrogens (primary N) is 1. The van der Waals surface area contributed by atoms with Gasteiger partial charge in [0.25, 0.3) is 0 Å². The minimum Gasteiger partial charge on any atom is -0.271 e. The normalized spacial score (nSPS) is 12.6. The molecule has 2 rings (SSSR count). The van der Waals surface area contributed by atoms with Crippen LogP contribution in [0.25, 0.3) is 0 Å². The highest BCUT2D eigenvalue weighted by atomic mass is 35.5. The Morgan fingerprint density at radius 1 is 1.40 bits per heavy atom. The number of pyridine rings is 1. The summed E-state index contributed by atoms with van der Waals surface area (Å²) < 4.78 is 2.01. The predicted octanol–water partition coefficient (Wildman–Crippen LogP) is 2.26. The zero-order valence-electron chi connectivity index (χ0n) is 11.8. The van der Waals surface area contributed by atoms with Crippen LogP contribution in [0.2, 0.25) is 5.02 Å². The van der Waals surface area contributed by atoms with Crippen molar-refractivity contribution in [3.8, 4) is 0 Å². The fraction of sp³-hybridized carbons (Fsp3) is 0.429. The molecule has 0 aliphatic carbocycles. The number of nitrogens with zero attached hydrogens (tertiary/aromatic N) is 3. The molecule has 0 saturated carbocycles. The second-order valence-electron chi connectivity index (χ2n) is 4.62. The largest absolute Gasteiger partial charge is 0.271 e. The first-order chi connectivity index (χ1) is 9.67. The minimum atomic E-state index is -0.0565. The Balaban J connectivity index is 2.21. The summed E-state index contributed by atoms with van der Waals surface area (Å²) in [4.78, 5) is 4.32. The molecule has 0 aliphatic rings. The average molecular weight is 294 g/mol. The Kier molecular flexibility index (Phi) is 5.11. The minimum absolute atomic E-state index is 0.0565. The SMILES string of the molecule is CCc1cc(CC(NN)c2ccc(Cl)cn2)n(CC)n1. The van der Waals surface area contributed by atoms with Crippen molar-refractivity contribution in [2.24, 2.45) is 5.84 Å². The number of nitrogens with one attached hydrogen (secondary N) is 1. The van der Waals surface area contributed by atoms with E-state index in [-0.39, 0.29) is 6.04 Å². The van der Waals surface area contributed by atoms with Crippen molar-refractivity contribution >= 4 is 11.6 Å². The molecule has 0 amide bonds. The predicted molar refractivity (Wildman–Crippen MR) is 80.3 cm³/mol. The van der Waals surface area contributed by atoms with Gasteiger partial charge in [0.15, 0.2) is 0 Å².